The second kappa shape index (κ2) is 7.61. The van der Waals surface area contributed by atoms with Gasteiger partial charge < -0.3 is 9.47 Å². The van der Waals surface area contributed by atoms with Crippen LogP contribution in [-0.2, 0) is 4.79 Å². The van der Waals surface area contributed by atoms with Gasteiger partial charge in [0.25, 0.3) is 5.91 Å². The molecule has 7 heteroatoms. The Morgan fingerprint density at radius 2 is 1.77 bits per heavy atom. The molecule has 0 spiro atoms. The minimum atomic E-state index is -0.327. The van der Waals surface area contributed by atoms with E-state index in [1.165, 1.54) is 28.8 Å². The number of benzene rings is 2. The van der Waals surface area contributed by atoms with E-state index in [0.717, 1.165) is 5.56 Å². The van der Waals surface area contributed by atoms with Gasteiger partial charge in [0.15, 0.2) is 16.7 Å². The third kappa shape index (κ3) is 3.72. The molecule has 5 nitrogen and oxygen atoms in total. The molecule has 1 saturated heterocycles. The van der Waals surface area contributed by atoms with Gasteiger partial charge >= 0.3 is 0 Å². The van der Waals surface area contributed by atoms with Crippen LogP contribution in [-0.4, -0.2) is 37.2 Å². The summed E-state index contributed by atoms with van der Waals surface area (Å²) in [7, 11) is 4.79. The van der Waals surface area contributed by atoms with Crippen molar-refractivity contribution in [1.82, 2.24) is 4.90 Å². The van der Waals surface area contributed by atoms with E-state index in [2.05, 4.69) is 4.99 Å². The summed E-state index contributed by atoms with van der Waals surface area (Å²) in [6, 6.07) is 11.2. The molecule has 0 radical (unpaired) electrons. The van der Waals surface area contributed by atoms with E-state index in [0.29, 0.717) is 27.3 Å². The maximum absolute atomic E-state index is 13.0. The van der Waals surface area contributed by atoms with Gasteiger partial charge in [-0.1, -0.05) is 6.07 Å². The zero-order chi connectivity index (χ0) is 18.7. The summed E-state index contributed by atoms with van der Waals surface area (Å²) in [5.41, 5.74) is 1.40. The smallest absolute Gasteiger partial charge is 0.266 e. The Kier molecular flexibility index (Phi) is 5.27. The van der Waals surface area contributed by atoms with Gasteiger partial charge in [-0.25, -0.2) is 9.38 Å². The van der Waals surface area contributed by atoms with E-state index < -0.39 is 0 Å². The molecule has 134 valence electrons. The molecule has 1 aliphatic rings. The molecule has 2 aromatic carbocycles. The van der Waals surface area contributed by atoms with Gasteiger partial charge in [-0.3, -0.25) is 9.69 Å². The van der Waals surface area contributed by atoms with Crippen LogP contribution < -0.4 is 9.47 Å². The van der Waals surface area contributed by atoms with Crippen molar-refractivity contribution in [3.05, 3.63) is 58.8 Å². The highest BCUT2D eigenvalue weighted by Gasteiger charge is 2.30. The third-order valence-corrected chi connectivity index (χ3v) is 4.82. The largest absolute Gasteiger partial charge is 0.493 e. The standard InChI is InChI=1S/C19H17FN2O3S/c1-22-18(23)17(11-12-4-9-15(24-2)16(10-12)25-3)26-19(22)21-14-7-5-13(20)6-8-14/h4-11H,1-3H3/b17-11+,21-19?. The number of hydrogen-bond acceptors (Lipinski definition) is 5. The topological polar surface area (TPSA) is 51.1 Å². The lowest BCUT2D eigenvalue weighted by Gasteiger charge is -2.08. The van der Waals surface area contributed by atoms with Crippen LogP contribution in [0.5, 0.6) is 11.5 Å². The van der Waals surface area contributed by atoms with Crippen molar-refractivity contribution < 1.29 is 18.7 Å². The molecule has 0 N–H and O–H groups in total. The summed E-state index contributed by atoms with van der Waals surface area (Å²) in [6.07, 6.45) is 1.78. The molecule has 1 heterocycles. The molecule has 26 heavy (non-hydrogen) atoms. The summed E-state index contributed by atoms with van der Waals surface area (Å²) in [5.74, 6) is 0.735. The summed E-state index contributed by atoms with van der Waals surface area (Å²) in [5, 5.41) is 0.535. The molecule has 1 fully saturated rings. The SMILES string of the molecule is COc1ccc(/C=C2/SC(=Nc3ccc(F)cc3)N(C)C2=O)cc1OC. The van der Waals surface area contributed by atoms with Gasteiger partial charge in [0.05, 0.1) is 24.8 Å². The Balaban J connectivity index is 1.88. The van der Waals surface area contributed by atoms with Crippen LogP contribution in [0.4, 0.5) is 10.1 Å². The van der Waals surface area contributed by atoms with Crippen molar-refractivity contribution in [3.8, 4) is 11.5 Å². The lowest BCUT2D eigenvalue weighted by Crippen LogP contribution is -2.23. The molecule has 1 amide bonds. The number of carbonyl (C=O) groups is 1. The zero-order valence-corrected chi connectivity index (χ0v) is 15.3. The fourth-order valence-corrected chi connectivity index (χ4v) is 3.36. The van der Waals surface area contributed by atoms with E-state index in [1.807, 2.05) is 6.07 Å². The number of halogens is 1. The highest BCUT2D eigenvalue weighted by Crippen LogP contribution is 2.35. The Hall–Kier alpha value is -2.80. The van der Waals surface area contributed by atoms with E-state index in [9.17, 15) is 9.18 Å². The minimum absolute atomic E-state index is 0.148. The Morgan fingerprint density at radius 3 is 2.42 bits per heavy atom. The number of nitrogens with zero attached hydrogens (tertiary/aromatic N) is 2. The summed E-state index contributed by atoms with van der Waals surface area (Å²) in [6.45, 7) is 0. The van der Waals surface area contributed by atoms with Crippen molar-refractivity contribution >= 4 is 34.6 Å². The highest BCUT2D eigenvalue weighted by atomic mass is 32.2. The predicted octanol–water partition coefficient (Wildman–Crippen LogP) is 4.08. The van der Waals surface area contributed by atoms with Gasteiger partial charge in [0.2, 0.25) is 0 Å². The lowest BCUT2D eigenvalue weighted by molar-refractivity contribution is -0.121. The van der Waals surface area contributed by atoms with Crippen LogP contribution in [0.15, 0.2) is 52.4 Å². The number of amides is 1. The van der Waals surface area contributed by atoms with Crippen LogP contribution in [0.2, 0.25) is 0 Å². The molecule has 0 atom stereocenters. The molecule has 0 aromatic heterocycles. The molecule has 2 aromatic rings. The highest BCUT2D eigenvalue weighted by molar-refractivity contribution is 8.18. The second-order valence-electron chi connectivity index (χ2n) is 5.46. The second-order valence-corrected chi connectivity index (χ2v) is 6.47. The van der Waals surface area contributed by atoms with Crippen LogP contribution in [0, 0.1) is 5.82 Å². The van der Waals surface area contributed by atoms with Crippen molar-refractivity contribution in [3.63, 3.8) is 0 Å². The van der Waals surface area contributed by atoms with Crippen LogP contribution in [0.25, 0.3) is 6.08 Å². The van der Waals surface area contributed by atoms with Crippen molar-refractivity contribution in [2.75, 3.05) is 21.3 Å². The van der Waals surface area contributed by atoms with Gasteiger partial charge in [0, 0.05) is 7.05 Å². The van der Waals surface area contributed by atoms with E-state index in [-0.39, 0.29) is 11.7 Å². The number of likely N-dealkylation sites (N-methyl/N-ethyl adjacent to an activating group) is 1. The third-order valence-electron chi connectivity index (χ3n) is 3.76. The van der Waals surface area contributed by atoms with Crippen molar-refractivity contribution in [2.24, 2.45) is 4.99 Å². The molecule has 0 unspecified atom stereocenters. The number of carbonyl (C=O) groups excluding carboxylic acids is 1. The van der Waals surface area contributed by atoms with Crippen LogP contribution >= 0.6 is 11.8 Å². The maximum Gasteiger partial charge on any atom is 0.266 e. The number of rotatable bonds is 4. The summed E-state index contributed by atoms with van der Waals surface area (Å²) < 4.78 is 23.5. The molecule has 0 saturated carbocycles. The Bertz CT molecular complexity index is 894. The first-order chi connectivity index (χ1) is 12.5. The van der Waals surface area contributed by atoms with Gasteiger partial charge in [-0.15, -0.1) is 0 Å². The molecular formula is C19H17FN2O3S. The molecular weight excluding hydrogens is 355 g/mol. The van der Waals surface area contributed by atoms with E-state index >= 15 is 0 Å². The Labute approximate surface area is 155 Å². The van der Waals surface area contributed by atoms with Gasteiger partial charge in [0.1, 0.15) is 5.82 Å². The molecule has 1 aliphatic heterocycles. The minimum Gasteiger partial charge on any atom is -0.493 e. The normalized spacial score (nSPS) is 17.2. The Morgan fingerprint density at radius 1 is 1.08 bits per heavy atom. The van der Waals surface area contributed by atoms with Gasteiger partial charge in [-0.05, 0) is 59.8 Å². The number of amidine groups is 1. The van der Waals surface area contributed by atoms with Crippen LogP contribution in [0.3, 0.4) is 0 Å². The number of ether oxygens (including phenoxy) is 2. The number of aliphatic imine (C=N–C) groups is 1. The summed E-state index contributed by atoms with van der Waals surface area (Å²) in [4.78, 5) is 18.9. The first kappa shape index (κ1) is 18.0. The number of hydrogen-bond donors (Lipinski definition) is 0. The first-order valence-electron chi connectivity index (χ1n) is 7.75. The fraction of sp³-hybridized carbons (Fsp3) is 0.158. The van der Waals surface area contributed by atoms with E-state index in [4.69, 9.17) is 9.47 Å². The van der Waals surface area contributed by atoms with E-state index in [1.54, 1.807) is 51.6 Å². The van der Waals surface area contributed by atoms with Gasteiger partial charge in [-0.2, -0.15) is 0 Å². The monoisotopic (exact) mass is 372 g/mol. The number of methoxy groups -OCH3 is 2. The maximum atomic E-state index is 13.0. The quantitative estimate of drug-likeness (QED) is 0.759. The fourth-order valence-electron chi connectivity index (χ4n) is 2.37. The zero-order valence-electron chi connectivity index (χ0n) is 14.5. The summed E-state index contributed by atoms with van der Waals surface area (Å²) >= 11 is 1.27. The average molecular weight is 372 g/mol. The molecule has 3 rings (SSSR count). The van der Waals surface area contributed by atoms with Crippen molar-refractivity contribution in [2.45, 2.75) is 0 Å². The van der Waals surface area contributed by atoms with Crippen molar-refractivity contribution in [1.29, 1.82) is 0 Å². The van der Waals surface area contributed by atoms with Crippen LogP contribution in [0.1, 0.15) is 5.56 Å². The number of thioether (sulfide) groups is 1. The lowest BCUT2D eigenvalue weighted by atomic mass is 10.2. The molecule has 0 aliphatic carbocycles. The predicted molar refractivity (Wildman–Crippen MR) is 101 cm³/mol. The first-order valence-corrected chi connectivity index (χ1v) is 8.57. The molecule has 0 bridgehead atoms. The average Bonchev–Trinajstić information content (AvgIpc) is 2.91.